The summed E-state index contributed by atoms with van der Waals surface area (Å²) in [4.78, 5) is 0. The number of rotatable bonds is 7. The maximum Gasteiger partial charge on any atom is 0.00261 e. The van der Waals surface area contributed by atoms with Crippen LogP contribution in [0.4, 0.5) is 0 Å². The zero-order valence-corrected chi connectivity index (χ0v) is 17.8. The van der Waals surface area contributed by atoms with Crippen LogP contribution in [0.15, 0.2) is 23.8 Å². The van der Waals surface area contributed by atoms with Crippen molar-refractivity contribution in [2.45, 2.75) is 105 Å². The first kappa shape index (κ1) is 20.3. The molecule has 0 saturated heterocycles. The minimum Gasteiger partial charge on any atom is -0.0778 e. The molecule has 0 aliphatic heterocycles. The lowest BCUT2D eigenvalue weighted by atomic mass is 9.74. The fraction of sp³-hybridized carbons (Fsp3) is 0.680. The predicted octanol–water partition coefficient (Wildman–Crippen LogP) is 8.01. The van der Waals surface area contributed by atoms with Gasteiger partial charge in [-0.05, 0) is 73.6 Å². The molecule has 0 N–H and O–H groups in total. The van der Waals surface area contributed by atoms with Crippen LogP contribution in [0, 0.1) is 19.8 Å². The molecule has 140 valence electrons. The monoisotopic (exact) mass is 340 g/mol. The molecule has 1 aliphatic rings. The third-order valence-corrected chi connectivity index (χ3v) is 6.55. The molecule has 0 bridgehead atoms. The van der Waals surface area contributed by atoms with E-state index >= 15 is 0 Å². The van der Waals surface area contributed by atoms with Gasteiger partial charge in [-0.25, -0.2) is 0 Å². The zero-order valence-electron chi connectivity index (χ0n) is 17.8. The standard InChI is InChI=1S/C25H40/c1-8-9-10-11-14-25(6,7)23-16-20(4)24(21(5)17-23)22-13-12-18(2)19(3)15-22/h15-18,22H,8-14H2,1-7H3. The van der Waals surface area contributed by atoms with E-state index < -0.39 is 0 Å². The van der Waals surface area contributed by atoms with Crippen LogP contribution in [-0.4, -0.2) is 0 Å². The topological polar surface area (TPSA) is 0 Å². The second kappa shape index (κ2) is 8.56. The maximum absolute atomic E-state index is 2.54. The SMILES string of the molecule is CCCCCCC(C)(C)c1cc(C)c(C2C=C(C)C(C)CC2)c(C)c1. The largest absolute Gasteiger partial charge is 0.0778 e. The molecule has 0 heterocycles. The van der Waals surface area contributed by atoms with Gasteiger partial charge in [-0.2, -0.15) is 0 Å². The molecule has 0 nitrogen and oxygen atoms in total. The van der Waals surface area contributed by atoms with Gasteiger partial charge < -0.3 is 0 Å². The second-order valence-corrected chi connectivity index (χ2v) is 9.21. The van der Waals surface area contributed by atoms with Crippen molar-refractivity contribution in [2.75, 3.05) is 0 Å². The number of unbranched alkanes of at least 4 members (excludes halogenated alkanes) is 3. The molecular formula is C25H40. The average Bonchev–Trinajstić information content (AvgIpc) is 2.54. The van der Waals surface area contributed by atoms with Gasteiger partial charge in [-0.1, -0.05) is 77.2 Å². The maximum atomic E-state index is 2.54. The fourth-order valence-electron chi connectivity index (χ4n) is 4.54. The van der Waals surface area contributed by atoms with E-state index in [2.05, 4.69) is 66.7 Å². The summed E-state index contributed by atoms with van der Waals surface area (Å²) >= 11 is 0. The van der Waals surface area contributed by atoms with Crippen molar-refractivity contribution in [1.82, 2.24) is 0 Å². The predicted molar refractivity (Wildman–Crippen MR) is 113 cm³/mol. The lowest BCUT2D eigenvalue weighted by Gasteiger charge is -2.30. The smallest absolute Gasteiger partial charge is 0.00261 e. The number of benzene rings is 1. The number of hydrogen-bond acceptors (Lipinski definition) is 0. The van der Waals surface area contributed by atoms with Gasteiger partial charge in [0.2, 0.25) is 0 Å². The summed E-state index contributed by atoms with van der Waals surface area (Å²) in [5.41, 5.74) is 7.99. The van der Waals surface area contributed by atoms with Gasteiger partial charge in [-0.3, -0.25) is 0 Å². The molecule has 0 saturated carbocycles. The molecule has 2 atom stereocenters. The van der Waals surface area contributed by atoms with Crippen molar-refractivity contribution in [3.63, 3.8) is 0 Å². The second-order valence-electron chi connectivity index (χ2n) is 9.21. The third kappa shape index (κ3) is 4.99. The van der Waals surface area contributed by atoms with Gasteiger partial charge in [0, 0.05) is 5.92 Å². The molecule has 0 amide bonds. The molecular weight excluding hydrogens is 300 g/mol. The van der Waals surface area contributed by atoms with Gasteiger partial charge in [0.05, 0.1) is 0 Å². The highest BCUT2D eigenvalue weighted by atomic mass is 14.3. The Balaban J connectivity index is 2.22. The van der Waals surface area contributed by atoms with E-state index in [4.69, 9.17) is 0 Å². The summed E-state index contributed by atoms with van der Waals surface area (Å²) in [6.45, 7) is 16.5. The summed E-state index contributed by atoms with van der Waals surface area (Å²) in [6.07, 6.45) is 11.9. The highest BCUT2D eigenvalue weighted by Crippen LogP contribution is 2.39. The van der Waals surface area contributed by atoms with Gasteiger partial charge in [0.1, 0.15) is 0 Å². The first-order chi connectivity index (χ1) is 11.8. The summed E-state index contributed by atoms with van der Waals surface area (Å²) in [6, 6.07) is 4.98. The Hall–Kier alpha value is -1.04. The van der Waals surface area contributed by atoms with Crippen molar-refractivity contribution in [3.05, 3.63) is 46.0 Å². The lowest BCUT2D eigenvalue weighted by molar-refractivity contribution is 0.445. The molecule has 0 radical (unpaired) electrons. The van der Waals surface area contributed by atoms with E-state index in [1.807, 2.05) is 0 Å². The molecule has 0 heteroatoms. The number of aryl methyl sites for hydroxylation is 2. The van der Waals surface area contributed by atoms with Crippen molar-refractivity contribution in [3.8, 4) is 0 Å². The van der Waals surface area contributed by atoms with Crippen molar-refractivity contribution in [1.29, 1.82) is 0 Å². The summed E-state index contributed by atoms with van der Waals surface area (Å²) in [7, 11) is 0. The molecule has 0 fully saturated rings. The molecule has 0 aromatic heterocycles. The molecule has 1 aliphatic carbocycles. The van der Waals surface area contributed by atoms with Crippen LogP contribution in [0.5, 0.6) is 0 Å². The molecule has 0 spiro atoms. The van der Waals surface area contributed by atoms with Crippen LogP contribution in [0.3, 0.4) is 0 Å². The van der Waals surface area contributed by atoms with Crippen LogP contribution in [-0.2, 0) is 5.41 Å². The lowest BCUT2D eigenvalue weighted by Crippen LogP contribution is -2.19. The molecule has 1 aromatic carbocycles. The molecule has 1 aromatic rings. The van der Waals surface area contributed by atoms with E-state index in [0.717, 1.165) is 5.92 Å². The Labute approximate surface area is 157 Å². The van der Waals surface area contributed by atoms with Crippen molar-refractivity contribution >= 4 is 0 Å². The number of allylic oxidation sites excluding steroid dienone is 2. The third-order valence-electron chi connectivity index (χ3n) is 6.55. The first-order valence-corrected chi connectivity index (χ1v) is 10.6. The van der Waals surface area contributed by atoms with E-state index in [1.165, 1.54) is 61.6 Å². The summed E-state index contributed by atoms with van der Waals surface area (Å²) in [5.74, 6) is 1.39. The molecule has 2 unspecified atom stereocenters. The Morgan fingerprint density at radius 1 is 0.960 bits per heavy atom. The summed E-state index contributed by atoms with van der Waals surface area (Å²) < 4.78 is 0. The van der Waals surface area contributed by atoms with Gasteiger partial charge in [0.25, 0.3) is 0 Å². The minimum absolute atomic E-state index is 0.286. The Morgan fingerprint density at radius 3 is 2.16 bits per heavy atom. The quantitative estimate of drug-likeness (QED) is 0.348. The minimum atomic E-state index is 0.286. The van der Waals surface area contributed by atoms with Crippen LogP contribution >= 0.6 is 0 Å². The van der Waals surface area contributed by atoms with E-state index in [9.17, 15) is 0 Å². The van der Waals surface area contributed by atoms with Gasteiger partial charge in [0.15, 0.2) is 0 Å². The Kier molecular flexibility index (Phi) is 6.94. The highest BCUT2D eigenvalue weighted by molar-refractivity contribution is 5.45. The van der Waals surface area contributed by atoms with Crippen LogP contribution < -0.4 is 0 Å². The fourth-order valence-corrected chi connectivity index (χ4v) is 4.54. The summed E-state index contributed by atoms with van der Waals surface area (Å²) in [5, 5.41) is 0. The van der Waals surface area contributed by atoms with E-state index in [1.54, 1.807) is 11.1 Å². The van der Waals surface area contributed by atoms with Crippen LogP contribution in [0.1, 0.15) is 108 Å². The van der Waals surface area contributed by atoms with Crippen LogP contribution in [0.2, 0.25) is 0 Å². The van der Waals surface area contributed by atoms with E-state index in [-0.39, 0.29) is 5.41 Å². The molecule has 25 heavy (non-hydrogen) atoms. The van der Waals surface area contributed by atoms with E-state index in [0.29, 0.717) is 5.92 Å². The van der Waals surface area contributed by atoms with Gasteiger partial charge in [-0.15, -0.1) is 0 Å². The number of hydrogen-bond donors (Lipinski definition) is 0. The van der Waals surface area contributed by atoms with Crippen molar-refractivity contribution < 1.29 is 0 Å². The first-order valence-electron chi connectivity index (χ1n) is 10.6. The Morgan fingerprint density at radius 2 is 1.60 bits per heavy atom. The normalized spacial score (nSPS) is 21.3. The zero-order chi connectivity index (χ0) is 18.6. The Bertz CT molecular complexity index is 579. The van der Waals surface area contributed by atoms with Crippen molar-refractivity contribution in [2.24, 2.45) is 5.92 Å². The molecule has 2 rings (SSSR count). The van der Waals surface area contributed by atoms with Gasteiger partial charge >= 0.3 is 0 Å². The highest BCUT2D eigenvalue weighted by Gasteiger charge is 2.25. The van der Waals surface area contributed by atoms with Crippen LogP contribution in [0.25, 0.3) is 0 Å². The average molecular weight is 341 g/mol.